The zero-order chi connectivity index (χ0) is 27.9. The number of carbonyl (C=O) groups is 1. The number of rotatable bonds is 4. The molecule has 6 aromatic carbocycles. The van der Waals surface area contributed by atoms with Gasteiger partial charge in [0.05, 0.1) is 10.8 Å². The van der Waals surface area contributed by atoms with E-state index in [1.807, 2.05) is 0 Å². The van der Waals surface area contributed by atoms with E-state index in [1.54, 1.807) is 0 Å². The summed E-state index contributed by atoms with van der Waals surface area (Å²) in [5.41, 5.74) is 7.58. The van der Waals surface area contributed by atoms with Gasteiger partial charge >= 0.3 is 0 Å². The maximum atomic E-state index is 16.1. The Balaban J connectivity index is 1.55. The molecule has 3 aliphatic rings. The maximum Gasteiger partial charge on any atom is 0.164 e. The molecule has 6 aromatic rings. The Morgan fingerprint density at radius 2 is 0.786 bits per heavy atom. The van der Waals surface area contributed by atoms with Crippen LogP contribution in [0.3, 0.4) is 0 Å². The Hall–Kier alpha value is -5.01. The zero-order valence-electron chi connectivity index (χ0n) is 23.1. The standard InChI is InChI=1S/C41H28O/c42-39-40(30-21-9-3-10-22-30)35(28-15-5-1-6-16-28)36(29-17-7-2-8-18-29)41(39,31-23-11-4-12-24-31)38-33-26-14-20-27-19-13-25-32(34(27)33)37(38)40/h1-26,37-38H/t37-,38+,40-,41+. The Bertz CT molecular complexity index is 1900. The van der Waals surface area contributed by atoms with Crippen LogP contribution >= 0.6 is 0 Å². The maximum absolute atomic E-state index is 16.1. The molecule has 1 saturated carbocycles. The molecule has 1 heteroatoms. The molecule has 0 unspecified atom stereocenters. The second-order valence-corrected chi connectivity index (χ2v) is 11.9. The summed E-state index contributed by atoms with van der Waals surface area (Å²) < 4.78 is 0. The lowest BCUT2D eigenvalue weighted by molar-refractivity contribution is -0.123. The average molecular weight is 537 g/mol. The minimum Gasteiger partial charge on any atom is -0.297 e. The van der Waals surface area contributed by atoms with Gasteiger partial charge in [0.2, 0.25) is 0 Å². The van der Waals surface area contributed by atoms with Gasteiger partial charge in [0.15, 0.2) is 5.78 Å². The minimum atomic E-state index is -0.860. The molecule has 1 nitrogen and oxygen atoms in total. The van der Waals surface area contributed by atoms with Crippen molar-refractivity contribution in [3.63, 3.8) is 0 Å². The van der Waals surface area contributed by atoms with Crippen LogP contribution in [0.2, 0.25) is 0 Å². The predicted octanol–water partition coefficient (Wildman–Crippen LogP) is 9.10. The zero-order valence-corrected chi connectivity index (χ0v) is 23.1. The second-order valence-electron chi connectivity index (χ2n) is 11.9. The highest BCUT2D eigenvalue weighted by atomic mass is 16.1. The van der Waals surface area contributed by atoms with Gasteiger partial charge in [-0.2, -0.15) is 0 Å². The Labute approximate surface area is 245 Å². The molecule has 0 aromatic heterocycles. The predicted molar refractivity (Wildman–Crippen MR) is 170 cm³/mol. The first kappa shape index (κ1) is 23.7. The van der Waals surface area contributed by atoms with Crippen molar-refractivity contribution in [2.24, 2.45) is 0 Å². The third-order valence-corrected chi connectivity index (χ3v) is 10.2. The topological polar surface area (TPSA) is 17.1 Å². The van der Waals surface area contributed by atoms with Gasteiger partial charge in [-0.1, -0.05) is 158 Å². The number of carbonyl (C=O) groups excluding carboxylic acids is 1. The molecule has 0 aliphatic heterocycles. The van der Waals surface area contributed by atoms with Crippen molar-refractivity contribution in [3.05, 3.63) is 191 Å². The first-order chi connectivity index (χ1) is 20.8. The lowest BCUT2D eigenvalue weighted by atomic mass is 9.57. The van der Waals surface area contributed by atoms with Crippen molar-refractivity contribution in [1.29, 1.82) is 0 Å². The third kappa shape index (κ3) is 2.67. The number of fused-ring (bicyclic) bond motifs is 7. The molecule has 0 N–H and O–H groups in total. The number of allylic oxidation sites excluding steroid dienone is 2. The summed E-state index contributed by atoms with van der Waals surface area (Å²) in [6.45, 7) is 0. The first-order valence-electron chi connectivity index (χ1n) is 14.8. The normalized spacial score (nSPS) is 25.3. The Morgan fingerprint density at radius 1 is 0.405 bits per heavy atom. The van der Waals surface area contributed by atoms with Crippen LogP contribution in [0.4, 0.5) is 0 Å². The molecule has 0 spiro atoms. The van der Waals surface area contributed by atoms with E-state index in [4.69, 9.17) is 0 Å². The van der Waals surface area contributed by atoms with Crippen LogP contribution in [0.25, 0.3) is 21.9 Å². The monoisotopic (exact) mass is 536 g/mol. The molecule has 3 aliphatic carbocycles. The van der Waals surface area contributed by atoms with E-state index in [-0.39, 0.29) is 11.8 Å². The SMILES string of the molecule is O=C1[C@]2(c3ccccc3)C(c3ccccc3)=C(c3ccccc3)[C@@]1(c1ccccc1)[C@H]1c3cccc4cccc(c34)[C@H]12. The quantitative estimate of drug-likeness (QED) is 0.220. The van der Waals surface area contributed by atoms with E-state index in [2.05, 4.69) is 158 Å². The average Bonchev–Trinajstić information content (AvgIpc) is 3.62. The summed E-state index contributed by atoms with van der Waals surface area (Å²) in [5.74, 6) is 0.236. The van der Waals surface area contributed by atoms with Crippen molar-refractivity contribution in [2.75, 3.05) is 0 Å². The van der Waals surface area contributed by atoms with Crippen LogP contribution < -0.4 is 0 Å². The molecule has 0 saturated heterocycles. The number of benzene rings is 6. The van der Waals surface area contributed by atoms with E-state index in [0.717, 1.165) is 33.4 Å². The Morgan fingerprint density at radius 3 is 1.19 bits per heavy atom. The lowest BCUT2D eigenvalue weighted by Gasteiger charge is -2.42. The molecular weight excluding hydrogens is 508 g/mol. The van der Waals surface area contributed by atoms with Crippen LogP contribution in [0, 0.1) is 0 Å². The van der Waals surface area contributed by atoms with Crippen LogP contribution in [0.1, 0.15) is 45.2 Å². The van der Waals surface area contributed by atoms with E-state index >= 15 is 4.79 Å². The molecule has 0 radical (unpaired) electrons. The fourth-order valence-electron chi connectivity index (χ4n) is 9.04. The van der Waals surface area contributed by atoms with Gasteiger partial charge in [-0.05, 0) is 55.3 Å². The molecule has 42 heavy (non-hydrogen) atoms. The summed E-state index contributed by atoms with van der Waals surface area (Å²) in [7, 11) is 0. The van der Waals surface area contributed by atoms with Gasteiger partial charge < -0.3 is 0 Å². The van der Waals surface area contributed by atoms with Crippen molar-refractivity contribution < 1.29 is 4.79 Å². The first-order valence-corrected chi connectivity index (χ1v) is 14.8. The molecule has 4 atom stereocenters. The van der Waals surface area contributed by atoms with Gasteiger partial charge in [-0.15, -0.1) is 0 Å². The molecule has 1 fully saturated rings. The summed E-state index contributed by atoms with van der Waals surface area (Å²) >= 11 is 0. The van der Waals surface area contributed by atoms with E-state index in [9.17, 15) is 0 Å². The van der Waals surface area contributed by atoms with Crippen molar-refractivity contribution in [3.8, 4) is 0 Å². The molecular formula is C41H28O. The van der Waals surface area contributed by atoms with Gasteiger partial charge in [0.1, 0.15) is 0 Å². The summed E-state index contributed by atoms with van der Waals surface area (Å²) in [6, 6.07) is 56.0. The minimum absolute atomic E-state index is 0.0311. The van der Waals surface area contributed by atoms with Gasteiger partial charge in [0.25, 0.3) is 0 Å². The molecule has 9 rings (SSSR count). The molecule has 198 valence electrons. The second kappa shape index (κ2) is 8.50. The van der Waals surface area contributed by atoms with Crippen LogP contribution in [-0.4, -0.2) is 5.78 Å². The number of Topliss-reactive ketones (excluding diaryl/α,β-unsaturated/α-hetero) is 1. The molecule has 2 bridgehead atoms. The smallest absolute Gasteiger partial charge is 0.164 e. The van der Waals surface area contributed by atoms with Crippen LogP contribution in [0.5, 0.6) is 0 Å². The number of hydrogen-bond donors (Lipinski definition) is 0. The van der Waals surface area contributed by atoms with Crippen molar-refractivity contribution >= 4 is 27.7 Å². The summed E-state index contributed by atoms with van der Waals surface area (Å²) in [6.07, 6.45) is 0. The summed E-state index contributed by atoms with van der Waals surface area (Å²) in [5, 5.41) is 2.57. The van der Waals surface area contributed by atoms with Gasteiger partial charge in [-0.3, -0.25) is 4.79 Å². The summed E-state index contributed by atoms with van der Waals surface area (Å²) in [4.78, 5) is 16.1. The Kier molecular flexibility index (Phi) is 4.79. The largest absolute Gasteiger partial charge is 0.297 e. The highest BCUT2D eigenvalue weighted by molar-refractivity contribution is 6.31. The molecule has 0 heterocycles. The fourth-order valence-corrected chi connectivity index (χ4v) is 9.04. The fraction of sp³-hybridized carbons (Fsp3) is 0.0976. The van der Waals surface area contributed by atoms with E-state index < -0.39 is 10.8 Å². The van der Waals surface area contributed by atoms with Crippen LogP contribution in [-0.2, 0) is 15.6 Å². The van der Waals surface area contributed by atoms with Gasteiger partial charge in [0, 0.05) is 11.8 Å². The lowest BCUT2D eigenvalue weighted by Crippen LogP contribution is -2.38. The number of ketones is 1. The van der Waals surface area contributed by atoms with Gasteiger partial charge in [-0.25, -0.2) is 0 Å². The van der Waals surface area contributed by atoms with E-state index in [0.29, 0.717) is 5.78 Å². The molecule has 0 amide bonds. The number of hydrogen-bond acceptors (Lipinski definition) is 1. The van der Waals surface area contributed by atoms with Crippen molar-refractivity contribution in [2.45, 2.75) is 22.7 Å². The van der Waals surface area contributed by atoms with Crippen LogP contribution in [0.15, 0.2) is 158 Å². The van der Waals surface area contributed by atoms with E-state index in [1.165, 1.54) is 21.9 Å². The van der Waals surface area contributed by atoms with Crippen molar-refractivity contribution in [1.82, 2.24) is 0 Å². The highest BCUT2D eigenvalue weighted by Gasteiger charge is 2.78. The third-order valence-electron chi connectivity index (χ3n) is 10.2. The highest BCUT2D eigenvalue weighted by Crippen LogP contribution is 2.79.